The minimum atomic E-state index is -0.752. The quantitative estimate of drug-likeness (QED) is 0.777. The van der Waals surface area contributed by atoms with E-state index in [0.29, 0.717) is 13.2 Å². The third-order valence-electron chi connectivity index (χ3n) is 3.83. The average Bonchev–Trinajstić information content (AvgIpc) is 2.47. The smallest absolute Gasteiger partial charge is 0.322 e. The lowest BCUT2D eigenvalue weighted by Gasteiger charge is -2.33. The molecule has 5 heteroatoms. The topological polar surface area (TPSA) is 61.8 Å². The van der Waals surface area contributed by atoms with Crippen LogP contribution in [0.2, 0.25) is 0 Å². The number of carboxylic acid groups (broad SMARTS) is 1. The zero-order valence-corrected chi connectivity index (χ0v) is 12.8. The van der Waals surface area contributed by atoms with Crippen molar-refractivity contribution in [2.75, 3.05) is 32.8 Å². The summed E-state index contributed by atoms with van der Waals surface area (Å²) in [6.07, 6.45) is 0.831. The molecule has 21 heavy (non-hydrogen) atoms. The van der Waals surface area contributed by atoms with Crippen LogP contribution in [0.1, 0.15) is 17.5 Å². The maximum Gasteiger partial charge on any atom is 0.322 e. The van der Waals surface area contributed by atoms with Crippen molar-refractivity contribution in [2.24, 2.45) is 0 Å². The van der Waals surface area contributed by atoms with Crippen LogP contribution in [-0.2, 0) is 4.79 Å². The third kappa shape index (κ3) is 4.44. The number of hydrogen-bond donors (Lipinski definition) is 2. The van der Waals surface area contributed by atoms with Gasteiger partial charge in [0, 0.05) is 26.2 Å². The first-order valence-electron chi connectivity index (χ1n) is 7.45. The Morgan fingerprint density at radius 3 is 3.05 bits per heavy atom. The van der Waals surface area contributed by atoms with E-state index in [1.807, 2.05) is 24.8 Å². The molecule has 0 aromatic heterocycles. The van der Waals surface area contributed by atoms with Crippen LogP contribution in [0.5, 0.6) is 5.75 Å². The molecule has 1 aromatic rings. The monoisotopic (exact) mass is 292 g/mol. The van der Waals surface area contributed by atoms with Gasteiger partial charge in [-0.25, -0.2) is 0 Å². The van der Waals surface area contributed by atoms with E-state index in [4.69, 9.17) is 4.74 Å². The fraction of sp³-hybridized carbons (Fsp3) is 0.562. The van der Waals surface area contributed by atoms with E-state index < -0.39 is 12.0 Å². The summed E-state index contributed by atoms with van der Waals surface area (Å²) in [7, 11) is 0. The van der Waals surface area contributed by atoms with Gasteiger partial charge in [0.1, 0.15) is 11.8 Å². The summed E-state index contributed by atoms with van der Waals surface area (Å²) >= 11 is 0. The molecule has 2 N–H and O–H groups in total. The van der Waals surface area contributed by atoms with Crippen LogP contribution in [0, 0.1) is 13.8 Å². The summed E-state index contributed by atoms with van der Waals surface area (Å²) in [5, 5.41) is 12.3. The molecule has 1 aromatic carbocycles. The summed E-state index contributed by atoms with van der Waals surface area (Å²) in [6, 6.07) is 5.75. The highest BCUT2D eigenvalue weighted by Gasteiger charge is 2.27. The number of aryl methyl sites for hydroxylation is 2. The summed E-state index contributed by atoms with van der Waals surface area (Å²) in [4.78, 5) is 13.2. The minimum absolute atomic E-state index is 0.417. The Hall–Kier alpha value is -1.59. The average molecular weight is 292 g/mol. The zero-order valence-electron chi connectivity index (χ0n) is 12.8. The molecule has 5 nitrogen and oxygen atoms in total. The molecular weight excluding hydrogens is 268 g/mol. The van der Waals surface area contributed by atoms with Gasteiger partial charge in [0.25, 0.3) is 0 Å². The standard InChI is InChI=1S/C16H24N2O3/c1-12-4-5-13(2)15(10-12)21-9-3-7-18-8-6-17-11-14(18)16(19)20/h4-5,10,14,17H,3,6-9,11H2,1-2H3,(H,19,20). The lowest BCUT2D eigenvalue weighted by atomic mass is 10.1. The Kier molecular flexibility index (Phi) is 5.59. The summed E-state index contributed by atoms with van der Waals surface area (Å²) < 4.78 is 5.81. The molecule has 0 spiro atoms. The van der Waals surface area contributed by atoms with Gasteiger partial charge in [0.15, 0.2) is 0 Å². The lowest BCUT2D eigenvalue weighted by molar-refractivity contribution is -0.144. The Morgan fingerprint density at radius 1 is 1.48 bits per heavy atom. The molecule has 1 fully saturated rings. The fourth-order valence-corrected chi connectivity index (χ4v) is 2.57. The molecular formula is C16H24N2O3. The van der Waals surface area contributed by atoms with Gasteiger partial charge in [0.2, 0.25) is 0 Å². The number of piperazine rings is 1. The predicted octanol–water partition coefficient (Wildman–Crippen LogP) is 1.43. The van der Waals surface area contributed by atoms with E-state index in [0.717, 1.165) is 37.4 Å². The van der Waals surface area contributed by atoms with Gasteiger partial charge in [-0.15, -0.1) is 0 Å². The molecule has 2 rings (SSSR count). The maximum absolute atomic E-state index is 11.2. The number of ether oxygens (including phenoxy) is 1. The van der Waals surface area contributed by atoms with Crippen LogP contribution < -0.4 is 10.1 Å². The number of carboxylic acids is 1. The first-order chi connectivity index (χ1) is 10.1. The van der Waals surface area contributed by atoms with Crippen molar-refractivity contribution in [3.05, 3.63) is 29.3 Å². The number of nitrogens with one attached hydrogen (secondary N) is 1. The van der Waals surface area contributed by atoms with E-state index >= 15 is 0 Å². The van der Waals surface area contributed by atoms with Crippen molar-refractivity contribution < 1.29 is 14.6 Å². The SMILES string of the molecule is Cc1ccc(C)c(OCCCN2CCNCC2C(=O)O)c1. The van der Waals surface area contributed by atoms with Crippen LogP contribution in [0.3, 0.4) is 0 Å². The van der Waals surface area contributed by atoms with Gasteiger partial charge < -0.3 is 15.2 Å². The highest BCUT2D eigenvalue weighted by molar-refractivity contribution is 5.73. The predicted molar refractivity (Wildman–Crippen MR) is 81.9 cm³/mol. The largest absolute Gasteiger partial charge is 0.493 e. The Morgan fingerprint density at radius 2 is 2.29 bits per heavy atom. The van der Waals surface area contributed by atoms with Crippen LogP contribution in [-0.4, -0.2) is 54.8 Å². The second kappa shape index (κ2) is 7.43. The number of nitrogens with zero attached hydrogens (tertiary/aromatic N) is 1. The number of hydrogen-bond acceptors (Lipinski definition) is 4. The van der Waals surface area contributed by atoms with E-state index in [2.05, 4.69) is 17.4 Å². The van der Waals surface area contributed by atoms with Crippen molar-refractivity contribution in [3.8, 4) is 5.75 Å². The highest BCUT2D eigenvalue weighted by Crippen LogP contribution is 2.19. The normalized spacial score (nSPS) is 19.4. The van der Waals surface area contributed by atoms with Crippen molar-refractivity contribution in [2.45, 2.75) is 26.3 Å². The van der Waals surface area contributed by atoms with Gasteiger partial charge >= 0.3 is 5.97 Å². The van der Waals surface area contributed by atoms with E-state index in [1.165, 1.54) is 5.56 Å². The van der Waals surface area contributed by atoms with Crippen LogP contribution in [0.15, 0.2) is 18.2 Å². The molecule has 1 atom stereocenters. The van der Waals surface area contributed by atoms with Crippen LogP contribution >= 0.6 is 0 Å². The number of carbonyl (C=O) groups is 1. The third-order valence-corrected chi connectivity index (χ3v) is 3.83. The molecule has 0 amide bonds. The highest BCUT2D eigenvalue weighted by atomic mass is 16.5. The molecule has 1 saturated heterocycles. The molecule has 0 radical (unpaired) electrons. The lowest BCUT2D eigenvalue weighted by Crippen LogP contribution is -2.55. The number of aliphatic carboxylic acids is 1. The van der Waals surface area contributed by atoms with Crippen molar-refractivity contribution in [1.82, 2.24) is 10.2 Å². The molecule has 116 valence electrons. The van der Waals surface area contributed by atoms with Gasteiger partial charge in [-0.05, 0) is 37.5 Å². The van der Waals surface area contributed by atoms with Crippen molar-refractivity contribution in [3.63, 3.8) is 0 Å². The molecule has 0 aliphatic carbocycles. The first-order valence-corrected chi connectivity index (χ1v) is 7.45. The van der Waals surface area contributed by atoms with Gasteiger partial charge in [-0.1, -0.05) is 12.1 Å². The molecule has 0 saturated carbocycles. The van der Waals surface area contributed by atoms with Gasteiger partial charge in [-0.2, -0.15) is 0 Å². The van der Waals surface area contributed by atoms with E-state index in [9.17, 15) is 9.90 Å². The van der Waals surface area contributed by atoms with Crippen molar-refractivity contribution in [1.29, 1.82) is 0 Å². The summed E-state index contributed by atoms with van der Waals surface area (Å²) in [6.45, 7) is 7.59. The maximum atomic E-state index is 11.2. The minimum Gasteiger partial charge on any atom is -0.493 e. The van der Waals surface area contributed by atoms with Crippen LogP contribution in [0.4, 0.5) is 0 Å². The summed E-state index contributed by atoms with van der Waals surface area (Å²) in [5.74, 6) is 0.169. The molecule has 1 aliphatic heterocycles. The zero-order chi connectivity index (χ0) is 15.2. The van der Waals surface area contributed by atoms with Crippen molar-refractivity contribution >= 4 is 5.97 Å². The Labute approximate surface area is 125 Å². The molecule has 1 heterocycles. The summed E-state index contributed by atoms with van der Waals surface area (Å²) in [5.41, 5.74) is 2.31. The van der Waals surface area contributed by atoms with Gasteiger partial charge in [-0.3, -0.25) is 9.69 Å². The fourth-order valence-electron chi connectivity index (χ4n) is 2.57. The van der Waals surface area contributed by atoms with Crippen LogP contribution in [0.25, 0.3) is 0 Å². The second-order valence-corrected chi connectivity index (χ2v) is 5.57. The van der Waals surface area contributed by atoms with E-state index in [1.54, 1.807) is 0 Å². The number of benzene rings is 1. The van der Waals surface area contributed by atoms with Gasteiger partial charge in [0.05, 0.1) is 6.61 Å². The molecule has 0 bridgehead atoms. The first kappa shape index (κ1) is 15.8. The Bertz CT molecular complexity index is 490. The molecule has 1 unspecified atom stereocenters. The Balaban J connectivity index is 1.78. The van der Waals surface area contributed by atoms with E-state index in [-0.39, 0.29) is 0 Å². The second-order valence-electron chi connectivity index (χ2n) is 5.57. The number of rotatable bonds is 6. The molecule has 1 aliphatic rings.